The van der Waals surface area contributed by atoms with Crippen LogP contribution in [0.2, 0.25) is 0 Å². The number of piperidine rings is 1. The summed E-state index contributed by atoms with van der Waals surface area (Å²) in [4.78, 5) is 0.882. The van der Waals surface area contributed by atoms with Crippen LogP contribution >= 0.6 is 11.8 Å². The number of nitrogens with one attached hydrogen (secondary N) is 1. The number of hydrogen-bond donors (Lipinski definition) is 2. The maximum atomic E-state index is 12.7. The Morgan fingerprint density at radius 1 is 1.04 bits per heavy atom. The Balaban J connectivity index is 1.97. The van der Waals surface area contributed by atoms with E-state index in [-0.39, 0.29) is 17.1 Å². The molecule has 0 unspecified atom stereocenters. The summed E-state index contributed by atoms with van der Waals surface area (Å²) in [5.41, 5.74) is 0.857. The van der Waals surface area contributed by atoms with Crippen molar-refractivity contribution in [1.82, 2.24) is 5.32 Å². The van der Waals surface area contributed by atoms with Crippen LogP contribution in [0.25, 0.3) is 11.1 Å². The van der Waals surface area contributed by atoms with Crippen LogP contribution in [0.15, 0.2) is 47.4 Å². The number of benzene rings is 2. The van der Waals surface area contributed by atoms with Crippen molar-refractivity contribution in [1.29, 1.82) is 0 Å². The lowest BCUT2D eigenvalue weighted by molar-refractivity contribution is -0.274. The molecule has 2 aromatic rings. The van der Waals surface area contributed by atoms with Gasteiger partial charge in [-0.1, -0.05) is 18.2 Å². The van der Waals surface area contributed by atoms with Crippen LogP contribution in [-0.2, 0) is 0 Å². The lowest BCUT2D eigenvalue weighted by atomic mass is 10.0. The van der Waals surface area contributed by atoms with Gasteiger partial charge in [-0.2, -0.15) is 0 Å². The maximum Gasteiger partial charge on any atom is 0.573 e. The summed E-state index contributed by atoms with van der Waals surface area (Å²) in [5.74, 6) is -0.421. The molecular weight excluding hydrogens is 351 g/mol. The Bertz CT molecular complexity index is 731. The van der Waals surface area contributed by atoms with Crippen LogP contribution in [-0.4, -0.2) is 29.8 Å². The molecule has 1 heterocycles. The highest BCUT2D eigenvalue weighted by atomic mass is 32.2. The lowest BCUT2D eigenvalue weighted by Gasteiger charge is -2.23. The maximum absolute atomic E-state index is 12.7. The van der Waals surface area contributed by atoms with Gasteiger partial charge in [-0.15, -0.1) is 24.9 Å². The number of thioether (sulfide) groups is 1. The van der Waals surface area contributed by atoms with E-state index in [1.807, 2.05) is 12.1 Å². The van der Waals surface area contributed by atoms with Gasteiger partial charge < -0.3 is 15.2 Å². The molecule has 0 bridgehead atoms. The van der Waals surface area contributed by atoms with E-state index in [1.54, 1.807) is 23.9 Å². The second-order valence-electron chi connectivity index (χ2n) is 5.79. The first kappa shape index (κ1) is 17.9. The molecule has 2 N–H and O–H groups in total. The van der Waals surface area contributed by atoms with Gasteiger partial charge in [0.05, 0.1) is 0 Å². The number of alkyl halides is 3. The molecule has 25 heavy (non-hydrogen) atoms. The van der Waals surface area contributed by atoms with Crippen LogP contribution in [0, 0.1) is 0 Å². The minimum Gasteiger partial charge on any atom is -0.508 e. The molecule has 1 fully saturated rings. The number of ether oxygens (including phenoxy) is 1. The first-order valence-corrected chi connectivity index (χ1v) is 8.86. The molecular formula is C18H18F3NO2S. The highest BCUT2D eigenvalue weighted by molar-refractivity contribution is 8.00. The number of rotatable bonds is 4. The molecule has 7 heteroatoms. The zero-order chi connectivity index (χ0) is 17.9. The molecule has 134 valence electrons. The minimum absolute atomic E-state index is 0.105. The standard InChI is InChI=1S/C18H18F3NO2S/c19-18(20,21)24-16-6-5-12(23)11-15(16)14-3-1-2-4-17(14)25-13-7-9-22-10-8-13/h1-6,11,13,22-23H,7-10H2. The van der Waals surface area contributed by atoms with Crippen molar-refractivity contribution in [2.24, 2.45) is 0 Å². The van der Waals surface area contributed by atoms with Gasteiger partial charge in [0, 0.05) is 15.7 Å². The van der Waals surface area contributed by atoms with Crippen molar-refractivity contribution < 1.29 is 23.0 Å². The van der Waals surface area contributed by atoms with Gasteiger partial charge >= 0.3 is 6.36 Å². The third-order valence-corrected chi connectivity index (χ3v) is 5.36. The minimum atomic E-state index is -4.79. The molecule has 0 amide bonds. The average molecular weight is 369 g/mol. The van der Waals surface area contributed by atoms with Crippen molar-refractivity contribution in [3.05, 3.63) is 42.5 Å². The molecule has 1 aliphatic heterocycles. The first-order chi connectivity index (χ1) is 11.9. The van der Waals surface area contributed by atoms with Crippen LogP contribution < -0.4 is 10.1 Å². The van der Waals surface area contributed by atoms with Crippen molar-refractivity contribution in [2.75, 3.05) is 13.1 Å². The molecule has 3 rings (SSSR count). The van der Waals surface area contributed by atoms with Crippen LogP contribution in [0.5, 0.6) is 11.5 Å². The summed E-state index contributed by atoms with van der Waals surface area (Å²) < 4.78 is 42.3. The van der Waals surface area contributed by atoms with Gasteiger partial charge in [0.25, 0.3) is 0 Å². The van der Waals surface area contributed by atoms with Gasteiger partial charge in [0.15, 0.2) is 0 Å². The van der Waals surface area contributed by atoms with Crippen molar-refractivity contribution in [3.63, 3.8) is 0 Å². The predicted octanol–water partition coefficient (Wildman–Crippen LogP) is 4.80. The monoisotopic (exact) mass is 369 g/mol. The number of phenols is 1. The van der Waals surface area contributed by atoms with Gasteiger partial charge in [0.1, 0.15) is 11.5 Å². The van der Waals surface area contributed by atoms with E-state index in [9.17, 15) is 18.3 Å². The van der Waals surface area contributed by atoms with Crippen LogP contribution in [0.1, 0.15) is 12.8 Å². The third-order valence-electron chi connectivity index (χ3n) is 3.95. The molecule has 0 aliphatic carbocycles. The summed E-state index contributed by atoms with van der Waals surface area (Å²) in [5, 5.41) is 13.5. The van der Waals surface area contributed by atoms with E-state index in [0.717, 1.165) is 36.9 Å². The quantitative estimate of drug-likeness (QED) is 0.812. The summed E-state index contributed by atoms with van der Waals surface area (Å²) in [7, 11) is 0. The fraction of sp³-hybridized carbons (Fsp3) is 0.333. The Kier molecular flexibility index (Phi) is 5.44. The molecule has 0 saturated carbocycles. The average Bonchev–Trinajstić information content (AvgIpc) is 2.57. The molecule has 0 spiro atoms. The first-order valence-electron chi connectivity index (χ1n) is 7.98. The molecule has 2 aromatic carbocycles. The van der Waals surface area contributed by atoms with E-state index in [0.29, 0.717) is 10.8 Å². The third kappa shape index (κ3) is 4.83. The Morgan fingerprint density at radius 2 is 1.76 bits per heavy atom. The van der Waals surface area contributed by atoms with Crippen molar-refractivity contribution >= 4 is 11.8 Å². The van der Waals surface area contributed by atoms with Crippen LogP contribution in [0.4, 0.5) is 13.2 Å². The molecule has 0 radical (unpaired) electrons. The summed E-state index contributed by atoms with van der Waals surface area (Å²) >= 11 is 1.66. The van der Waals surface area contributed by atoms with Crippen molar-refractivity contribution in [2.45, 2.75) is 29.3 Å². The molecule has 0 aromatic heterocycles. The van der Waals surface area contributed by atoms with E-state index in [2.05, 4.69) is 10.1 Å². The SMILES string of the molecule is Oc1ccc(OC(F)(F)F)c(-c2ccccc2SC2CCNCC2)c1. The van der Waals surface area contributed by atoms with Gasteiger partial charge in [-0.25, -0.2) is 0 Å². The predicted molar refractivity (Wildman–Crippen MR) is 92.0 cm³/mol. The van der Waals surface area contributed by atoms with Crippen molar-refractivity contribution in [3.8, 4) is 22.6 Å². The van der Waals surface area contributed by atoms with Gasteiger partial charge in [-0.3, -0.25) is 0 Å². The van der Waals surface area contributed by atoms with E-state index in [4.69, 9.17) is 0 Å². The van der Waals surface area contributed by atoms with E-state index < -0.39 is 6.36 Å². The van der Waals surface area contributed by atoms with Gasteiger partial charge in [-0.05, 0) is 55.8 Å². The fourth-order valence-corrected chi connectivity index (χ4v) is 4.12. The second-order valence-corrected chi connectivity index (χ2v) is 7.13. The Morgan fingerprint density at radius 3 is 2.48 bits per heavy atom. The molecule has 1 aliphatic rings. The smallest absolute Gasteiger partial charge is 0.508 e. The zero-order valence-corrected chi connectivity index (χ0v) is 14.2. The van der Waals surface area contributed by atoms with E-state index >= 15 is 0 Å². The Hall–Kier alpha value is -1.86. The van der Waals surface area contributed by atoms with E-state index in [1.165, 1.54) is 12.1 Å². The number of halogens is 3. The number of aromatic hydroxyl groups is 1. The largest absolute Gasteiger partial charge is 0.573 e. The number of phenolic OH excluding ortho intramolecular Hbond substituents is 1. The Labute approximate surface area is 148 Å². The summed E-state index contributed by atoms with van der Waals surface area (Å²) in [6.07, 6.45) is -2.78. The molecule has 1 saturated heterocycles. The molecule has 0 atom stereocenters. The highest BCUT2D eigenvalue weighted by Gasteiger charge is 2.32. The summed E-state index contributed by atoms with van der Waals surface area (Å²) in [6, 6.07) is 10.9. The number of hydrogen-bond acceptors (Lipinski definition) is 4. The van der Waals surface area contributed by atoms with Crippen LogP contribution in [0.3, 0.4) is 0 Å². The molecule has 3 nitrogen and oxygen atoms in total. The highest BCUT2D eigenvalue weighted by Crippen LogP contribution is 2.42. The topological polar surface area (TPSA) is 41.5 Å². The lowest BCUT2D eigenvalue weighted by Crippen LogP contribution is -2.29. The summed E-state index contributed by atoms with van der Waals surface area (Å²) in [6.45, 7) is 1.88. The zero-order valence-electron chi connectivity index (χ0n) is 13.3. The second kappa shape index (κ2) is 7.58. The van der Waals surface area contributed by atoms with Gasteiger partial charge in [0.2, 0.25) is 0 Å². The normalized spacial score (nSPS) is 16.0. The fourth-order valence-electron chi connectivity index (χ4n) is 2.83.